The Morgan fingerprint density at radius 3 is 2.48 bits per heavy atom. The first kappa shape index (κ1) is 16.3. The summed E-state index contributed by atoms with van der Waals surface area (Å²) in [5, 5.41) is 3.17. The minimum Gasteiger partial charge on any atom is -0.369 e. The van der Waals surface area contributed by atoms with Crippen LogP contribution in [0.2, 0.25) is 0 Å². The number of hydrogen-bond acceptors (Lipinski definition) is 3. The molecule has 1 aliphatic carbocycles. The highest BCUT2D eigenvalue weighted by molar-refractivity contribution is 5.81. The van der Waals surface area contributed by atoms with Crippen LogP contribution in [0.15, 0.2) is 30.3 Å². The molecule has 1 aromatic rings. The van der Waals surface area contributed by atoms with Gasteiger partial charge in [0.05, 0.1) is 0 Å². The van der Waals surface area contributed by atoms with E-state index in [4.69, 9.17) is 0 Å². The average Bonchev–Trinajstić information content (AvgIpc) is 3.31. The van der Waals surface area contributed by atoms with Crippen molar-refractivity contribution in [1.82, 2.24) is 10.2 Å². The van der Waals surface area contributed by atoms with E-state index in [-0.39, 0.29) is 17.9 Å². The quantitative estimate of drug-likeness (QED) is 0.875. The number of benzene rings is 1. The Balaban J connectivity index is 1.35. The average molecular weight is 315 g/mol. The zero-order valence-electron chi connectivity index (χ0n) is 14.4. The second-order valence-electron chi connectivity index (χ2n) is 7.18. The standard InChI is InChI=1S/C19H29N3O/c1-15-14-18(15)19(23)20-16(2)8-9-21-10-12-22(13-11-21)17-6-4-3-5-7-17/h3-7,15-16,18H,8-14H2,1-2H3,(H,20,23)/t15-,16+,18+/m0/s1. The van der Waals surface area contributed by atoms with Crippen molar-refractivity contribution in [3.05, 3.63) is 30.3 Å². The molecular formula is C19H29N3O. The van der Waals surface area contributed by atoms with Gasteiger partial charge in [-0.25, -0.2) is 0 Å². The van der Waals surface area contributed by atoms with Gasteiger partial charge in [-0.3, -0.25) is 9.69 Å². The Hall–Kier alpha value is -1.55. The molecule has 0 unspecified atom stereocenters. The first-order valence-corrected chi connectivity index (χ1v) is 8.96. The van der Waals surface area contributed by atoms with Gasteiger partial charge in [-0.1, -0.05) is 25.1 Å². The van der Waals surface area contributed by atoms with Gasteiger partial charge < -0.3 is 10.2 Å². The highest BCUT2D eigenvalue weighted by atomic mass is 16.2. The zero-order chi connectivity index (χ0) is 16.2. The molecule has 1 aromatic carbocycles. The molecule has 23 heavy (non-hydrogen) atoms. The molecule has 2 aliphatic rings. The number of anilines is 1. The van der Waals surface area contributed by atoms with Crippen molar-refractivity contribution < 1.29 is 4.79 Å². The second kappa shape index (κ2) is 7.35. The lowest BCUT2D eigenvalue weighted by atomic mass is 10.2. The van der Waals surface area contributed by atoms with Crippen LogP contribution in [-0.2, 0) is 4.79 Å². The molecule has 0 aromatic heterocycles. The third kappa shape index (κ3) is 4.47. The molecule has 1 aliphatic heterocycles. The van der Waals surface area contributed by atoms with Crippen LogP contribution >= 0.6 is 0 Å². The van der Waals surface area contributed by atoms with Crippen molar-refractivity contribution >= 4 is 11.6 Å². The van der Waals surface area contributed by atoms with E-state index in [1.54, 1.807) is 0 Å². The van der Waals surface area contributed by atoms with E-state index in [1.807, 2.05) is 0 Å². The molecular weight excluding hydrogens is 286 g/mol. The van der Waals surface area contributed by atoms with Crippen molar-refractivity contribution in [2.45, 2.75) is 32.7 Å². The normalized spacial score (nSPS) is 25.9. The minimum absolute atomic E-state index is 0.263. The molecule has 1 saturated carbocycles. The van der Waals surface area contributed by atoms with Crippen molar-refractivity contribution in [1.29, 1.82) is 0 Å². The SMILES string of the molecule is C[C@H](CCN1CCN(c2ccccc2)CC1)NC(=O)[C@@H]1C[C@@H]1C. The molecule has 1 saturated heterocycles. The van der Waals surface area contributed by atoms with Gasteiger partial charge in [0, 0.05) is 50.4 Å². The van der Waals surface area contributed by atoms with Crippen LogP contribution in [0.25, 0.3) is 0 Å². The third-order valence-corrected chi connectivity index (χ3v) is 5.21. The van der Waals surface area contributed by atoms with Gasteiger partial charge in [-0.15, -0.1) is 0 Å². The summed E-state index contributed by atoms with van der Waals surface area (Å²) >= 11 is 0. The Labute approximate surface area is 139 Å². The number of nitrogens with one attached hydrogen (secondary N) is 1. The van der Waals surface area contributed by atoms with Crippen LogP contribution in [0, 0.1) is 11.8 Å². The summed E-state index contributed by atoms with van der Waals surface area (Å²) in [4.78, 5) is 16.9. The lowest BCUT2D eigenvalue weighted by molar-refractivity contribution is -0.123. The number of para-hydroxylation sites is 1. The fraction of sp³-hybridized carbons (Fsp3) is 0.632. The van der Waals surface area contributed by atoms with Crippen molar-refractivity contribution in [3.8, 4) is 0 Å². The maximum Gasteiger partial charge on any atom is 0.223 e. The van der Waals surface area contributed by atoms with E-state index in [9.17, 15) is 4.79 Å². The number of carbonyl (C=O) groups excluding carboxylic acids is 1. The van der Waals surface area contributed by atoms with Crippen LogP contribution in [0.3, 0.4) is 0 Å². The van der Waals surface area contributed by atoms with E-state index in [0.717, 1.165) is 45.6 Å². The molecule has 0 spiro atoms. The Morgan fingerprint density at radius 2 is 1.87 bits per heavy atom. The van der Waals surface area contributed by atoms with Gasteiger partial charge in [0.1, 0.15) is 0 Å². The molecule has 3 atom stereocenters. The monoisotopic (exact) mass is 315 g/mol. The van der Waals surface area contributed by atoms with E-state index in [2.05, 4.69) is 59.3 Å². The lowest BCUT2D eigenvalue weighted by Crippen LogP contribution is -2.47. The number of nitrogens with zero attached hydrogens (tertiary/aromatic N) is 2. The van der Waals surface area contributed by atoms with Crippen LogP contribution < -0.4 is 10.2 Å². The highest BCUT2D eigenvalue weighted by Gasteiger charge is 2.39. The van der Waals surface area contributed by atoms with Crippen molar-refractivity contribution in [2.75, 3.05) is 37.6 Å². The predicted molar refractivity (Wildman–Crippen MR) is 94.6 cm³/mol. The van der Waals surface area contributed by atoms with E-state index >= 15 is 0 Å². The summed E-state index contributed by atoms with van der Waals surface area (Å²) in [6, 6.07) is 10.9. The summed E-state index contributed by atoms with van der Waals surface area (Å²) < 4.78 is 0. The smallest absolute Gasteiger partial charge is 0.223 e. The molecule has 1 heterocycles. The van der Waals surface area contributed by atoms with Gasteiger partial charge in [-0.2, -0.15) is 0 Å². The van der Waals surface area contributed by atoms with Crippen molar-refractivity contribution in [2.24, 2.45) is 11.8 Å². The zero-order valence-corrected chi connectivity index (χ0v) is 14.4. The van der Waals surface area contributed by atoms with E-state index in [0.29, 0.717) is 5.92 Å². The van der Waals surface area contributed by atoms with Gasteiger partial charge in [0.15, 0.2) is 0 Å². The first-order valence-electron chi connectivity index (χ1n) is 8.96. The Morgan fingerprint density at radius 1 is 1.22 bits per heavy atom. The molecule has 1 N–H and O–H groups in total. The number of piperazine rings is 1. The molecule has 3 rings (SSSR count). The van der Waals surface area contributed by atoms with Crippen LogP contribution in [0.4, 0.5) is 5.69 Å². The maximum atomic E-state index is 11.9. The summed E-state index contributed by atoms with van der Waals surface area (Å²) in [6.07, 6.45) is 2.11. The van der Waals surface area contributed by atoms with Crippen LogP contribution in [0.1, 0.15) is 26.7 Å². The molecule has 4 heteroatoms. The third-order valence-electron chi connectivity index (χ3n) is 5.21. The second-order valence-corrected chi connectivity index (χ2v) is 7.18. The lowest BCUT2D eigenvalue weighted by Gasteiger charge is -2.36. The Kier molecular flexibility index (Phi) is 5.21. The minimum atomic E-state index is 0.263. The molecule has 126 valence electrons. The van der Waals surface area contributed by atoms with E-state index in [1.165, 1.54) is 5.69 Å². The molecule has 1 amide bonds. The molecule has 4 nitrogen and oxygen atoms in total. The first-order chi connectivity index (χ1) is 11.1. The summed E-state index contributed by atoms with van der Waals surface area (Å²) in [5.41, 5.74) is 1.33. The number of rotatable bonds is 6. The Bertz CT molecular complexity index is 511. The van der Waals surface area contributed by atoms with Gasteiger partial charge in [0.2, 0.25) is 5.91 Å². The number of hydrogen-bond donors (Lipinski definition) is 1. The summed E-state index contributed by atoms with van der Waals surface area (Å²) in [7, 11) is 0. The molecule has 0 bridgehead atoms. The van der Waals surface area contributed by atoms with Gasteiger partial charge >= 0.3 is 0 Å². The summed E-state index contributed by atoms with van der Waals surface area (Å²) in [5.74, 6) is 1.14. The van der Waals surface area contributed by atoms with Crippen molar-refractivity contribution in [3.63, 3.8) is 0 Å². The highest BCUT2D eigenvalue weighted by Crippen LogP contribution is 2.37. The topological polar surface area (TPSA) is 35.6 Å². The summed E-state index contributed by atoms with van der Waals surface area (Å²) in [6.45, 7) is 9.75. The predicted octanol–water partition coefficient (Wildman–Crippen LogP) is 2.36. The maximum absolute atomic E-state index is 11.9. The van der Waals surface area contributed by atoms with Gasteiger partial charge in [-0.05, 0) is 37.8 Å². The molecule has 0 radical (unpaired) electrons. The molecule has 2 fully saturated rings. The van der Waals surface area contributed by atoms with Crippen LogP contribution in [-0.4, -0.2) is 49.6 Å². The number of carbonyl (C=O) groups is 1. The van der Waals surface area contributed by atoms with Crippen LogP contribution in [0.5, 0.6) is 0 Å². The fourth-order valence-corrected chi connectivity index (χ4v) is 3.35. The van der Waals surface area contributed by atoms with E-state index < -0.39 is 0 Å². The number of amides is 1. The fourth-order valence-electron chi connectivity index (χ4n) is 3.35. The van der Waals surface area contributed by atoms with Gasteiger partial charge in [0.25, 0.3) is 0 Å². The largest absolute Gasteiger partial charge is 0.369 e.